The quantitative estimate of drug-likeness (QED) is 0.534. The third-order valence-electron chi connectivity index (χ3n) is 5.55. The number of rotatable bonds is 2. The molecule has 162 valence electrons. The van der Waals surface area contributed by atoms with Crippen LogP contribution < -0.4 is 5.32 Å². The number of carbonyl (C=O) groups is 1. The lowest BCUT2D eigenvalue weighted by Gasteiger charge is -2.28. The zero-order valence-electron chi connectivity index (χ0n) is 18.4. The molecular formula is C22H28N8O. The van der Waals surface area contributed by atoms with Gasteiger partial charge in [-0.15, -0.1) is 0 Å². The summed E-state index contributed by atoms with van der Waals surface area (Å²) in [6.07, 6.45) is 6.83. The Balaban J connectivity index is 0.000000245. The van der Waals surface area contributed by atoms with Gasteiger partial charge in [-0.3, -0.25) is 9.48 Å². The molecule has 1 fully saturated rings. The van der Waals surface area contributed by atoms with Gasteiger partial charge in [0.15, 0.2) is 5.65 Å². The summed E-state index contributed by atoms with van der Waals surface area (Å²) in [5.74, 6) is 0.263. The molecule has 9 nitrogen and oxygen atoms in total. The first-order valence-electron chi connectivity index (χ1n) is 10.3. The van der Waals surface area contributed by atoms with E-state index >= 15 is 0 Å². The van der Waals surface area contributed by atoms with Gasteiger partial charge in [0.1, 0.15) is 5.82 Å². The van der Waals surface area contributed by atoms with Gasteiger partial charge in [0, 0.05) is 56.6 Å². The predicted molar refractivity (Wildman–Crippen MR) is 121 cm³/mol. The van der Waals surface area contributed by atoms with Crippen molar-refractivity contribution in [3.8, 4) is 0 Å². The molecule has 9 heteroatoms. The van der Waals surface area contributed by atoms with Crippen molar-refractivity contribution in [1.82, 2.24) is 33.9 Å². The van der Waals surface area contributed by atoms with E-state index in [4.69, 9.17) is 0 Å². The zero-order valence-corrected chi connectivity index (χ0v) is 18.4. The van der Waals surface area contributed by atoms with E-state index in [0.717, 1.165) is 22.2 Å². The summed E-state index contributed by atoms with van der Waals surface area (Å²) in [7, 11) is 6.21. The standard InChI is InChI=1S/C16H14N6O.C6H14N2/c1-10-12-4-3-11(7-13(12)21(2)20-10)16(23)19-14-9-22-6-5-17-15(22)8-18-14;1-7-3-5-8(2)6-4-7/h3-9H,1-2H3,(H,19,23);3-6H2,1-2H3. The maximum absolute atomic E-state index is 12.4. The molecule has 0 spiro atoms. The van der Waals surface area contributed by atoms with Crippen LogP contribution in [0.1, 0.15) is 16.1 Å². The summed E-state index contributed by atoms with van der Waals surface area (Å²) in [4.78, 5) is 25.5. The number of fused-ring (bicyclic) bond motifs is 2. The number of carbonyl (C=O) groups excluding carboxylic acids is 1. The van der Waals surface area contributed by atoms with Crippen LogP contribution in [0.4, 0.5) is 5.82 Å². The number of imidazole rings is 1. The molecule has 31 heavy (non-hydrogen) atoms. The van der Waals surface area contributed by atoms with E-state index in [1.54, 1.807) is 39.9 Å². The molecule has 0 atom stereocenters. The van der Waals surface area contributed by atoms with E-state index in [2.05, 4.69) is 44.3 Å². The van der Waals surface area contributed by atoms with Crippen LogP contribution in [0.3, 0.4) is 0 Å². The van der Waals surface area contributed by atoms with E-state index in [9.17, 15) is 4.79 Å². The molecule has 5 rings (SSSR count). The number of amides is 1. The van der Waals surface area contributed by atoms with E-state index < -0.39 is 0 Å². The molecule has 0 aliphatic carbocycles. The minimum absolute atomic E-state index is 0.210. The van der Waals surface area contributed by atoms with E-state index in [0.29, 0.717) is 11.4 Å². The Morgan fingerprint density at radius 1 is 1.03 bits per heavy atom. The largest absolute Gasteiger partial charge is 0.305 e. The van der Waals surface area contributed by atoms with Gasteiger partial charge in [0.2, 0.25) is 0 Å². The van der Waals surface area contributed by atoms with Crippen molar-refractivity contribution < 1.29 is 4.79 Å². The Morgan fingerprint density at radius 3 is 2.45 bits per heavy atom. The van der Waals surface area contributed by atoms with E-state index in [1.165, 1.54) is 26.2 Å². The Morgan fingerprint density at radius 2 is 1.74 bits per heavy atom. The van der Waals surface area contributed by atoms with Gasteiger partial charge in [0.25, 0.3) is 5.91 Å². The fraction of sp³-hybridized carbons (Fsp3) is 0.364. The van der Waals surface area contributed by atoms with E-state index in [-0.39, 0.29) is 5.91 Å². The Bertz CT molecular complexity index is 1190. The van der Waals surface area contributed by atoms with Crippen LogP contribution in [-0.2, 0) is 7.05 Å². The lowest BCUT2D eigenvalue weighted by atomic mass is 10.1. The van der Waals surface area contributed by atoms with Gasteiger partial charge in [-0.25, -0.2) is 9.97 Å². The smallest absolute Gasteiger partial charge is 0.256 e. The molecule has 1 N–H and O–H groups in total. The molecule has 1 saturated heterocycles. The third kappa shape index (κ3) is 4.73. The predicted octanol–water partition coefficient (Wildman–Crippen LogP) is 2.04. The Kier molecular flexibility index (Phi) is 5.97. The summed E-state index contributed by atoms with van der Waals surface area (Å²) in [6, 6.07) is 5.54. The molecule has 1 amide bonds. The van der Waals surface area contributed by atoms with Gasteiger partial charge in [-0.2, -0.15) is 5.10 Å². The monoisotopic (exact) mass is 420 g/mol. The van der Waals surface area contributed by atoms with Crippen molar-refractivity contribution in [1.29, 1.82) is 0 Å². The van der Waals surface area contributed by atoms with Crippen LogP contribution in [0.15, 0.2) is 43.0 Å². The van der Waals surface area contributed by atoms with Crippen molar-refractivity contribution >= 4 is 28.3 Å². The van der Waals surface area contributed by atoms with Crippen LogP contribution in [0, 0.1) is 6.92 Å². The molecule has 0 bridgehead atoms. The van der Waals surface area contributed by atoms with Gasteiger partial charge in [-0.1, -0.05) is 6.07 Å². The molecule has 0 unspecified atom stereocenters. The van der Waals surface area contributed by atoms with Gasteiger partial charge in [-0.05, 0) is 33.2 Å². The van der Waals surface area contributed by atoms with Crippen molar-refractivity contribution in [3.05, 3.63) is 54.2 Å². The molecule has 4 aromatic rings. The first kappa shape index (κ1) is 21.0. The Hall–Kier alpha value is -3.30. The van der Waals surface area contributed by atoms with Crippen molar-refractivity contribution in [2.45, 2.75) is 6.92 Å². The van der Waals surface area contributed by atoms with Crippen molar-refractivity contribution in [3.63, 3.8) is 0 Å². The second-order valence-corrected chi connectivity index (χ2v) is 7.97. The average Bonchev–Trinajstić information content (AvgIpc) is 3.34. The minimum Gasteiger partial charge on any atom is -0.305 e. The zero-order chi connectivity index (χ0) is 22.0. The maximum Gasteiger partial charge on any atom is 0.256 e. The minimum atomic E-state index is -0.210. The second kappa shape index (κ2) is 8.83. The molecule has 0 saturated carbocycles. The first-order chi connectivity index (χ1) is 14.9. The number of aromatic nitrogens is 5. The summed E-state index contributed by atoms with van der Waals surface area (Å²) < 4.78 is 3.58. The lowest BCUT2D eigenvalue weighted by Crippen LogP contribution is -2.42. The summed E-state index contributed by atoms with van der Waals surface area (Å²) >= 11 is 0. The second-order valence-electron chi connectivity index (χ2n) is 7.97. The highest BCUT2D eigenvalue weighted by molar-refractivity contribution is 6.05. The van der Waals surface area contributed by atoms with Crippen molar-refractivity contribution in [2.24, 2.45) is 7.05 Å². The fourth-order valence-corrected chi connectivity index (χ4v) is 3.56. The summed E-state index contributed by atoms with van der Waals surface area (Å²) in [5.41, 5.74) is 3.16. The number of hydrogen-bond acceptors (Lipinski definition) is 6. The van der Waals surface area contributed by atoms with Crippen molar-refractivity contribution in [2.75, 3.05) is 45.6 Å². The number of nitrogens with one attached hydrogen (secondary N) is 1. The average molecular weight is 421 g/mol. The molecule has 1 aliphatic rings. The summed E-state index contributed by atoms with van der Waals surface area (Å²) in [5, 5.41) is 8.21. The fourth-order valence-electron chi connectivity index (χ4n) is 3.56. The lowest BCUT2D eigenvalue weighted by molar-refractivity contribution is 0.102. The number of likely N-dealkylation sites (N-methyl/N-ethyl adjacent to an activating group) is 2. The van der Waals surface area contributed by atoms with Gasteiger partial charge in [0.05, 0.1) is 23.6 Å². The highest BCUT2D eigenvalue weighted by atomic mass is 16.1. The number of aryl methyl sites for hydroxylation is 2. The number of piperazine rings is 1. The van der Waals surface area contributed by atoms with Gasteiger partial charge >= 0.3 is 0 Å². The van der Waals surface area contributed by atoms with Gasteiger partial charge < -0.3 is 19.5 Å². The number of benzene rings is 1. The number of hydrogen-bond donors (Lipinski definition) is 1. The number of anilines is 1. The van der Waals surface area contributed by atoms with Crippen LogP contribution in [0.5, 0.6) is 0 Å². The summed E-state index contributed by atoms with van der Waals surface area (Å²) in [6.45, 7) is 6.88. The molecule has 1 aromatic carbocycles. The highest BCUT2D eigenvalue weighted by Gasteiger charge is 2.12. The SMILES string of the molecule is CN1CCN(C)CC1.Cc1nn(C)c2cc(C(=O)Nc3cn4ccnc4cn3)ccc12. The first-order valence-corrected chi connectivity index (χ1v) is 10.3. The molecule has 0 radical (unpaired) electrons. The maximum atomic E-state index is 12.4. The molecule has 1 aliphatic heterocycles. The molecule has 3 aromatic heterocycles. The third-order valence-corrected chi connectivity index (χ3v) is 5.55. The van der Waals surface area contributed by atoms with E-state index in [1.807, 2.05) is 26.1 Å². The Labute approximate surface area is 181 Å². The normalized spacial score (nSPS) is 15.1. The van der Waals surface area contributed by atoms with Crippen LogP contribution in [0.25, 0.3) is 16.6 Å². The topological polar surface area (TPSA) is 83.6 Å². The van der Waals surface area contributed by atoms with Crippen LogP contribution in [-0.4, -0.2) is 80.1 Å². The number of nitrogens with zero attached hydrogens (tertiary/aromatic N) is 7. The molecule has 4 heterocycles. The van der Waals surface area contributed by atoms with Crippen LogP contribution in [0.2, 0.25) is 0 Å². The highest BCUT2D eigenvalue weighted by Crippen LogP contribution is 2.19. The molecular weight excluding hydrogens is 392 g/mol. The van der Waals surface area contributed by atoms with Crippen LogP contribution >= 0.6 is 0 Å².